The minimum absolute atomic E-state index is 1.01. The number of allylic oxidation sites excluding steroid dienone is 3. The van der Waals surface area contributed by atoms with Gasteiger partial charge in [-0.2, -0.15) is 5.26 Å². The van der Waals surface area contributed by atoms with Crippen LogP contribution in [0.3, 0.4) is 0 Å². The SMILES string of the molecule is CC(/C=C(/c1ccccc1)N1CCCCC1)=C\C#N. The van der Waals surface area contributed by atoms with Crippen LogP contribution in [0.5, 0.6) is 0 Å². The third-order valence-corrected chi connectivity index (χ3v) is 3.42. The topological polar surface area (TPSA) is 27.0 Å². The van der Waals surface area contributed by atoms with Crippen molar-refractivity contribution in [1.29, 1.82) is 5.26 Å². The van der Waals surface area contributed by atoms with Gasteiger partial charge < -0.3 is 4.90 Å². The lowest BCUT2D eigenvalue weighted by molar-refractivity contribution is 0.326. The average Bonchev–Trinajstić information content (AvgIpc) is 2.47. The molecule has 2 heteroatoms. The molecule has 1 aromatic rings. The van der Waals surface area contributed by atoms with E-state index in [1.54, 1.807) is 6.08 Å². The van der Waals surface area contributed by atoms with Gasteiger partial charge in [0.1, 0.15) is 0 Å². The molecule has 0 amide bonds. The van der Waals surface area contributed by atoms with Gasteiger partial charge in [-0.15, -0.1) is 0 Å². The van der Waals surface area contributed by atoms with Crippen molar-refractivity contribution in [1.82, 2.24) is 4.90 Å². The molecule has 19 heavy (non-hydrogen) atoms. The van der Waals surface area contributed by atoms with Crippen LogP contribution in [0.25, 0.3) is 5.70 Å². The predicted molar refractivity (Wildman–Crippen MR) is 79.2 cm³/mol. The van der Waals surface area contributed by atoms with Gasteiger partial charge in [0.15, 0.2) is 0 Å². The van der Waals surface area contributed by atoms with Crippen LogP contribution in [0.15, 0.2) is 48.1 Å². The first kappa shape index (κ1) is 13.4. The van der Waals surface area contributed by atoms with Crippen LogP contribution in [0.1, 0.15) is 31.7 Å². The molecule has 2 nitrogen and oxygen atoms in total. The molecular formula is C17H20N2. The molecule has 98 valence electrons. The zero-order valence-corrected chi connectivity index (χ0v) is 11.5. The van der Waals surface area contributed by atoms with Crippen LogP contribution in [0.4, 0.5) is 0 Å². The number of piperidine rings is 1. The lowest BCUT2D eigenvalue weighted by Crippen LogP contribution is -2.28. The minimum Gasteiger partial charge on any atom is -0.371 e. The Kier molecular flexibility index (Phi) is 4.80. The molecule has 0 atom stereocenters. The van der Waals surface area contributed by atoms with Gasteiger partial charge in [0.2, 0.25) is 0 Å². The van der Waals surface area contributed by atoms with Gasteiger partial charge in [-0.3, -0.25) is 0 Å². The summed E-state index contributed by atoms with van der Waals surface area (Å²) in [6, 6.07) is 12.5. The second kappa shape index (κ2) is 6.80. The Labute approximate surface area is 115 Å². The molecule has 1 fully saturated rings. The van der Waals surface area contributed by atoms with E-state index in [0.717, 1.165) is 18.7 Å². The Morgan fingerprint density at radius 3 is 2.47 bits per heavy atom. The monoisotopic (exact) mass is 252 g/mol. The molecule has 0 aliphatic carbocycles. The van der Waals surface area contributed by atoms with Crippen LogP contribution >= 0.6 is 0 Å². The molecule has 0 radical (unpaired) electrons. The highest BCUT2D eigenvalue weighted by Gasteiger charge is 2.14. The number of benzene rings is 1. The molecule has 0 bridgehead atoms. The van der Waals surface area contributed by atoms with Crippen molar-refractivity contribution in [2.24, 2.45) is 0 Å². The summed E-state index contributed by atoms with van der Waals surface area (Å²) in [5.74, 6) is 0. The molecule has 0 saturated carbocycles. The summed E-state index contributed by atoms with van der Waals surface area (Å²) in [6.45, 7) is 4.21. The maximum Gasteiger partial charge on any atom is 0.0914 e. The molecule has 1 aliphatic heterocycles. The summed E-state index contributed by atoms with van der Waals surface area (Å²) >= 11 is 0. The molecule has 1 saturated heterocycles. The maximum absolute atomic E-state index is 8.76. The molecular weight excluding hydrogens is 232 g/mol. The second-order valence-corrected chi connectivity index (χ2v) is 4.96. The van der Waals surface area contributed by atoms with Crippen molar-refractivity contribution >= 4 is 5.70 Å². The number of nitrogens with zero attached hydrogens (tertiary/aromatic N) is 2. The first-order chi connectivity index (χ1) is 9.31. The third-order valence-electron chi connectivity index (χ3n) is 3.42. The van der Waals surface area contributed by atoms with E-state index in [0.29, 0.717) is 0 Å². The first-order valence-corrected chi connectivity index (χ1v) is 6.90. The van der Waals surface area contributed by atoms with Gasteiger partial charge >= 0.3 is 0 Å². The normalized spacial score (nSPS) is 17.2. The Balaban J connectivity index is 2.33. The van der Waals surface area contributed by atoms with Crippen molar-refractivity contribution in [2.75, 3.05) is 13.1 Å². The van der Waals surface area contributed by atoms with E-state index in [2.05, 4.69) is 41.3 Å². The molecule has 0 aromatic heterocycles. The predicted octanol–water partition coefficient (Wildman–Crippen LogP) is 3.98. The summed E-state index contributed by atoms with van der Waals surface area (Å²) in [5.41, 5.74) is 3.48. The number of likely N-dealkylation sites (tertiary alicyclic amines) is 1. The Morgan fingerprint density at radius 2 is 1.84 bits per heavy atom. The zero-order chi connectivity index (χ0) is 13.5. The summed E-state index contributed by atoms with van der Waals surface area (Å²) in [5, 5.41) is 8.76. The van der Waals surface area contributed by atoms with E-state index < -0.39 is 0 Å². The molecule has 0 spiro atoms. The van der Waals surface area contributed by atoms with Gasteiger partial charge in [0.25, 0.3) is 0 Å². The summed E-state index contributed by atoms with van der Waals surface area (Å²) in [4.78, 5) is 2.44. The average molecular weight is 252 g/mol. The van der Waals surface area contributed by atoms with Crippen molar-refractivity contribution in [3.05, 3.63) is 53.6 Å². The number of nitriles is 1. The van der Waals surface area contributed by atoms with Crippen molar-refractivity contribution in [3.63, 3.8) is 0 Å². The highest BCUT2D eigenvalue weighted by atomic mass is 15.1. The lowest BCUT2D eigenvalue weighted by Gasteiger charge is -2.31. The first-order valence-electron chi connectivity index (χ1n) is 6.90. The molecule has 1 aromatic carbocycles. The van der Waals surface area contributed by atoms with Crippen molar-refractivity contribution in [2.45, 2.75) is 26.2 Å². The molecule has 0 unspecified atom stereocenters. The fourth-order valence-corrected chi connectivity index (χ4v) is 2.46. The van der Waals surface area contributed by atoms with Crippen LogP contribution in [-0.2, 0) is 0 Å². The molecule has 0 N–H and O–H groups in total. The van der Waals surface area contributed by atoms with Crippen LogP contribution in [-0.4, -0.2) is 18.0 Å². The highest BCUT2D eigenvalue weighted by Crippen LogP contribution is 2.24. The van der Waals surface area contributed by atoms with Crippen molar-refractivity contribution < 1.29 is 0 Å². The summed E-state index contributed by atoms with van der Waals surface area (Å²) in [6.07, 6.45) is 7.57. The number of rotatable bonds is 3. The minimum atomic E-state index is 1.01. The van der Waals surface area contributed by atoms with Gasteiger partial charge in [-0.25, -0.2) is 0 Å². The molecule has 1 aliphatic rings. The second-order valence-electron chi connectivity index (χ2n) is 4.96. The number of hydrogen-bond donors (Lipinski definition) is 0. The lowest BCUT2D eigenvalue weighted by atomic mass is 10.0. The highest BCUT2D eigenvalue weighted by molar-refractivity contribution is 5.67. The van der Waals surface area contributed by atoms with E-state index in [9.17, 15) is 0 Å². The largest absolute Gasteiger partial charge is 0.371 e. The maximum atomic E-state index is 8.76. The van der Waals surface area contributed by atoms with E-state index in [1.165, 1.54) is 30.5 Å². The molecule has 2 rings (SSSR count). The fraction of sp³-hybridized carbons (Fsp3) is 0.353. The van der Waals surface area contributed by atoms with Gasteiger partial charge in [0.05, 0.1) is 6.07 Å². The van der Waals surface area contributed by atoms with Gasteiger partial charge in [0, 0.05) is 24.9 Å². The Morgan fingerprint density at radius 1 is 1.16 bits per heavy atom. The smallest absolute Gasteiger partial charge is 0.0914 e. The fourth-order valence-electron chi connectivity index (χ4n) is 2.46. The van der Waals surface area contributed by atoms with E-state index in [1.807, 2.05) is 13.0 Å². The Hall–Kier alpha value is -2.01. The summed E-state index contributed by atoms with van der Waals surface area (Å²) < 4.78 is 0. The standard InChI is InChI=1S/C17H20N2/c1-15(10-11-18)14-17(16-8-4-2-5-9-16)19-12-6-3-7-13-19/h2,4-5,8-10,14H,3,6-7,12-13H2,1H3/b15-10+,17-14-. The zero-order valence-electron chi connectivity index (χ0n) is 11.5. The van der Waals surface area contributed by atoms with Crippen LogP contribution in [0, 0.1) is 11.3 Å². The van der Waals surface area contributed by atoms with Gasteiger partial charge in [-0.05, 0) is 43.4 Å². The summed E-state index contributed by atoms with van der Waals surface area (Å²) in [7, 11) is 0. The van der Waals surface area contributed by atoms with E-state index in [-0.39, 0.29) is 0 Å². The van der Waals surface area contributed by atoms with E-state index >= 15 is 0 Å². The van der Waals surface area contributed by atoms with Crippen LogP contribution < -0.4 is 0 Å². The van der Waals surface area contributed by atoms with Crippen LogP contribution in [0.2, 0.25) is 0 Å². The van der Waals surface area contributed by atoms with E-state index in [4.69, 9.17) is 5.26 Å². The van der Waals surface area contributed by atoms with Gasteiger partial charge in [-0.1, -0.05) is 30.3 Å². The quantitative estimate of drug-likeness (QED) is 0.601. The number of hydrogen-bond acceptors (Lipinski definition) is 2. The molecule has 1 heterocycles. The Bertz CT molecular complexity index is 500. The van der Waals surface area contributed by atoms with Crippen molar-refractivity contribution in [3.8, 4) is 6.07 Å². The third kappa shape index (κ3) is 3.72.